The highest BCUT2D eigenvalue weighted by molar-refractivity contribution is 7.90. The van der Waals surface area contributed by atoms with Gasteiger partial charge in [0.2, 0.25) is 21.6 Å². The van der Waals surface area contributed by atoms with Gasteiger partial charge in [-0.05, 0) is 23.8 Å². The molecule has 1 aromatic carbocycles. The summed E-state index contributed by atoms with van der Waals surface area (Å²) in [6.45, 7) is -0.102. The summed E-state index contributed by atoms with van der Waals surface area (Å²) in [5, 5.41) is 8.82. The van der Waals surface area contributed by atoms with Gasteiger partial charge in [0.25, 0.3) is 0 Å². The second kappa shape index (κ2) is 6.48. The quantitative estimate of drug-likeness (QED) is 0.821. The minimum atomic E-state index is -3.57. The fourth-order valence-electron chi connectivity index (χ4n) is 1.43. The van der Waals surface area contributed by atoms with E-state index in [-0.39, 0.29) is 18.3 Å². The van der Waals surface area contributed by atoms with Gasteiger partial charge in [-0.2, -0.15) is 0 Å². The highest BCUT2D eigenvalue weighted by Crippen LogP contribution is 2.07. The number of amides is 1. The summed E-state index contributed by atoms with van der Waals surface area (Å²) >= 11 is 0. The van der Waals surface area contributed by atoms with Crippen molar-refractivity contribution in [1.29, 1.82) is 0 Å². The third-order valence-corrected chi connectivity index (χ3v) is 3.28. The Labute approximate surface area is 125 Å². The number of benzene rings is 1. The first kappa shape index (κ1) is 15.8. The van der Waals surface area contributed by atoms with Crippen molar-refractivity contribution < 1.29 is 22.0 Å². The van der Waals surface area contributed by atoms with Gasteiger partial charge < -0.3 is 9.73 Å². The highest BCUT2D eigenvalue weighted by atomic mass is 32.2. The maximum absolute atomic E-state index is 12.7. The molecule has 0 aliphatic heterocycles. The number of aromatic nitrogens is 2. The molecule has 0 spiro atoms. The third-order valence-electron chi connectivity index (χ3n) is 2.48. The molecule has 0 aliphatic rings. The largest absolute Gasteiger partial charge is 0.411 e. The number of nitrogens with zero attached hydrogens (tertiary/aromatic N) is 2. The monoisotopic (exact) mass is 325 g/mol. The third kappa shape index (κ3) is 4.48. The van der Waals surface area contributed by atoms with Crippen LogP contribution in [0.1, 0.15) is 11.5 Å². The van der Waals surface area contributed by atoms with E-state index in [4.69, 9.17) is 4.42 Å². The smallest absolute Gasteiger partial charge is 0.335 e. The van der Waals surface area contributed by atoms with Gasteiger partial charge >= 0.3 is 5.22 Å². The van der Waals surface area contributed by atoms with E-state index in [1.54, 1.807) is 0 Å². The first-order valence-corrected chi connectivity index (χ1v) is 7.97. The van der Waals surface area contributed by atoms with Gasteiger partial charge in [0.05, 0.1) is 6.54 Å². The lowest BCUT2D eigenvalue weighted by Gasteiger charge is -1.97. The van der Waals surface area contributed by atoms with Crippen molar-refractivity contribution in [2.24, 2.45) is 0 Å². The van der Waals surface area contributed by atoms with Gasteiger partial charge in [0.15, 0.2) is 0 Å². The van der Waals surface area contributed by atoms with Crippen molar-refractivity contribution in [1.82, 2.24) is 15.5 Å². The van der Waals surface area contributed by atoms with E-state index in [9.17, 15) is 17.6 Å². The van der Waals surface area contributed by atoms with Gasteiger partial charge in [0, 0.05) is 12.3 Å². The second-order valence-electron chi connectivity index (χ2n) is 4.34. The van der Waals surface area contributed by atoms with Crippen LogP contribution in [0.4, 0.5) is 4.39 Å². The SMILES string of the molecule is CS(=O)(=O)c1nnc(CNC(=O)/C=C/c2ccc(F)cc2)o1. The van der Waals surface area contributed by atoms with Gasteiger partial charge in [-0.25, -0.2) is 12.8 Å². The molecule has 1 amide bonds. The molecule has 0 saturated carbocycles. The topological polar surface area (TPSA) is 102 Å². The van der Waals surface area contributed by atoms with Crippen LogP contribution in [0.5, 0.6) is 0 Å². The maximum atomic E-state index is 12.7. The van der Waals surface area contributed by atoms with E-state index in [2.05, 4.69) is 15.5 Å². The number of rotatable bonds is 5. The van der Waals surface area contributed by atoms with Crippen LogP contribution in [0.2, 0.25) is 0 Å². The molecule has 0 fully saturated rings. The van der Waals surface area contributed by atoms with E-state index in [1.165, 1.54) is 36.4 Å². The van der Waals surface area contributed by atoms with E-state index < -0.39 is 21.0 Å². The average molecular weight is 325 g/mol. The Morgan fingerprint density at radius 2 is 2.00 bits per heavy atom. The standard InChI is InChI=1S/C13H12FN3O4S/c1-22(19,20)13-17-16-12(21-13)8-15-11(18)7-4-9-2-5-10(14)6-3-9/h2-7H,8H2,1H3,(H,15,18)/b7-4+. The van der Waals surface area contributed by atoms with Crippen molar-refractivity contribution in [2.75, 3.05) is 6.26 Å². The van der Waals surface area contributed by atoms with Crippen LogP contribution >= 0.6 is 0 Å². The van der Waals surface area contributed by atoms with Crippen molar-refractivity contribution >= 4 is 21.8 Å². The number of nitrogens with one attached hydrogen (secondary N) is 1. The minimum absolute atomic E-state index is 0.0241. The average Bonchev–Trinajstić information content (AvgIpc) is 2.93. The lowest BCUT2D eigenvalue weighted by atomic mass is 10.2. The predicted molar refractivity (Wildman–Crippen MR) is 74.7 cm³/mol. The molecule has 0 unspecified atom stereocenters. The summed E-state index contributed by atoms with van der Waals surface area (Å²) in [4.78, 5) is 11.6. The number of hydrogen-bond donors (Lipinski definition) is 1. The number of carbonyl (C=O) groups is 1. The number of hydrogen-bond acceptors (Lipinski definition) is 6. The molecule has 0 bridgehead atoms. The molecule has 1 heterocycles. The minimum Gasteiger partial charge on any atom is -0.411 e. The van der Waals surface area contributed by atoms with Crippen LogP contribution in [0.3, 0.4) is 0 Å². The molecule has 22 heavy (non-hydrogen) atoms. The first-order chi connectivity index (χ1) is 10.3. The summed E-state index contributed by atoms with van der Waals surface area (Å²) in [6.07, 6.45) is 3.69. The van der Waals surface area contributed by atoms with E-state index >= 15 is 0 Å². The van der Waals surface area contributed by atoms with Crippen LogP contribution in [0.25, 0.3) is 6.08 Å². The maximum Gasteiger partial charge on any atom is 0.335 e. The Balaban J connectivity index is 1.90. The van der Waals surface area contributed by atoms with Gasteiger partial charge in [-0.3, -0.25) is 4.79 Å². The molecular formula is C13H12FN3O4S. The summed E-state index contributed by atoms with van der Waals surface area (Å²) in [5.41, 5.74) is 0.661. The van der Waals surface area contributed by atoms with Crippen molar-refractivity contribution in [3.63, 3.8) is 0 Å². The summed E-state index contributed by atoms with van der Waals surface area (Å²) in [6, 6.07) is 5.61. The molecule has 9 heteroatoms. The summed E-state index contributed by atoms with van der Waals surface area (Å²) in [5.74, 6) is -0.827. The predicted octanol–water partition coefficient (Wildman–Crippen LogP) is 0.942. The van der Waals surface area contributed by atoms with Crippen LogP contribution in [0.15, 0.2) is 40.0 Å². The Kier molecular flexibility index (Phi) is 4.66. The molecule has 0 radical (unpaired) electrons. The molecule has 2 rings (SSSR count). The molecule has 1 aromatic heterocycles. The fraction of sp³-hybridized carbons (Fsp3) is 0.154. The molecule has 7 nitrogen and oxygen atoms in total. The number of carbonyl (C=O) groups excluding carboxylic acids is 1. The Hall–Kier alpha value is -2.55. The molecule has 0 atom stereocenters. The molecule has 2 aromatic rings. The van der Waals surface area contributed by atoms with Gasteiger partial charge in [0.1, 0.15) is 5.82 Å². The summed E-state index contributed by atoms with van der Waals surface area (Å²) < 4.78 is 39.9. The Morgan fingerprint density at radius 3 is 2.59 bits per heavy atom. The van der Waals surface area contributed by atoms with E-state index in [1.807, 2.05) is 0 Å². The van der Waals surface area contributed by atoms with Crippen LogP contribution < -0.4 is 5.32 Å². The molecule has 0 aliphatic carbocycles. The zero-order chi connectivity index (χ0) is 16.2. The normalized spacial score (nSPS) is 11.7. The van der Waals surface area contributed by atoms with Gasteiger partial charge in [-0.15, -0.1) is 5.10 Å². The van der Waals surface area contributed by atoms with Crippen molar-refractivity contribution in [3.05, 3.63) is 47.6 Å². The Bertz CT molecular complexity index is 797. The van der Waals surface area contributed by atoms with Gasteiger partial charge in [-0.1, -0.05) is 17.2 Å². The zero-order valence-corrected chi connectivity index (χ0v) is 12.3. The zero-order valence-electron chi connectivity index (χ0n) is 11.5. The van der Waals surface area contributed by atoms with E-state index in [0.717, 1.165) is 6.26 Å². The molecule has 1 N–H and O–H groups in total. The lowest BCUT2D eigenvalue weighted by Crippen LogP contribution is -2.20. The van der Waals surface area contributed by atoms with Crippen LogP contribution in [-0.2, 0) is 21.2 Å². The fourth-order valence-corrected chi connectivity index (χ4v) is 1.86. The van der Waals surface area contributed by atoms with Crippen molar-refractivity contribution in [3.8, 4) is 0 Å². The number of halogens is 1. The second-order valence-corrected chi connectivity index (χ2v) is 6.23. The van der Waals surface area contributed by atoms with E-state index in [0.29, 0.717) is 5.56 Å². The lowest BCUT2D eigenvalue weighted by molar-refractivity contribution is -0.116. The summed E-state index contributed by atoms with van der Waals surface area (Å²) in [7, 11) is -3.57. The molecular weight excluding hydrogens is 313 g/mol. The first-order valence-electron chi connectivity index (χ1n) is 6.08. The van der Waals surface area contributed by atoms with Crippen LogP contribution in [0, 0.1) is 5.82 Å². The molecule has 116 valence electrons. The Morgan fingerprint density at radius 1 is 1.32 bits per heavy atom. The number of sulfone groups is 1. The molecule has 0 saturated heterocycles. The van der Waals surface area contributed by atoms with Crippen molar-refractivity contribution in [2.45, 2.75) is 11.8 Å². The van der Waals surface area contributed by atoms with Crippen LogP contribution in [-0.4, -0.2) is 30.8 Å². The highest BCUT2D eigenvalue weighted by Gasteiger charge is 2.16.